The topological polar surface area (TPSA) is 419 Å². The minimum atomic E-state index is -5.45. The molecule has 0 amide bonds. The summed E-state index contributed by atoms with van der Waals surface area (Å²) in [6.07, 6.45) is -30.9. The number of hydrogen-bond donors (Lipinski definition) is 12. The molecule has 1 spiro atoms. The number of methoxy groups -OCH3 is 1. The van der Waals surface area contributed by atoms with Crippen molar-refractivity contribution in [2.75, 3.05) is 26.9 Å². The van der Waals surface area contributed by atoms with E-state index in [0.29, 0.717) is 38.5 Å². The third kappa shape index (κ3) is 11.1. The zero-order chi connectivity index (χ0) is 60.4. The second kappa shape index (κ2) is 24.8. The largest absolute Gasteiger partial charge is 1.00 e. The Hall–Kier alpha value is -0.760. The second-order valence-electron chi connectivity index (χ2n) is 26.1. The standard InChI is InChI=1S/C54H88O27S.Na/c1-22(2)10-13-30(57)52(8)53(67)17-16-51(7)24-11-12-29-49(4,5)32(14-15-50(29,6)25(24)18-31(58)54(51,53)48(66)80-52)76-47-43(35(61)28(21-72-47)81-82(68,69)70)79-44-37(63)36(62)40(23(3)73-44)77-46-39(65)42(34(60)27(20-56)75-46)78-45-38(64)41(71-9)33(59)26(19-55)74-45;/h18,22-24,26-47,55-65,67H,10-17,19-21H2,1-9H3,(H,68,69,70);/q;+1/p-1/t23-,24-,26-,27-,28-,29+,30?,31-,32+,33-,34-,35+,36-,37-,38-,39-,40-,41+,42+,43-,44+,45+,46+,47+,50-,51+,52+,53+,54-;/m1./s1. The number of hydrogen-bond acceptors (Lipinski definition) is 27. The van der Waals surface area contributed by atoms with Crippen LogP contribution in [-0.2, 0) is 66.7 Å². The molecule has 29 atom stereocenters. The molecule has 27 nitrogen and oxygen atoms in total. The molecule has 0 bridgehead atoms. The Morgan fingerprint density at radius 1 is 0.711 bits per heavy atom. The van der Waals surface area contributed by atoms with Crippen molar-refractivity contribution in [3.05, 3.63) is 11.6 Å². The van der Waals surface area contributed by atoms with Gasteiger partial charge in [-0.1, -0.05) is 53.2 Å². The van der Waals surface area contributed by atoms with Gasteiger partial charge in [0, 0.05) is 7.11 Å². The minimum Gasteiger partial charge on any atom is -0.726 e. The van der Waals surface area contributed by atoms with E-state index < -0.39 is 204 Å². The van der Waals surface area contributed by atoms with Crippen LogP contribution in [0.2, 0.25) is 0 Å². The summed E-state index contributed by atoms with van der Waals surface area (Å²) in [7, 11) is -4.28. The summed E-state index contributed by atoms with van der Waals surface area (Å²) >= 11 is 0. The van der Waals surface area contributed by atoms with Crippen LogP contribution in [0.15, 0.2) is 11.6 Å². The average Bonchev–Trinajstić information content (AvgIpc) is 1.53. The Kier molecular flexibility index (Phi) is 20.4. The Labute approximate surface area is 505 Å². The smallest absolute Gasteiger partial charge is 0.726 e. The van der Waals surface area contributed by atoms with E-state index in [4.69, 9.17) is 47.4 Å². The van der Waals surface area contributed by atoms with Crippen LogP contribution >= 0.6 is 0 Å². The summed E-state index contributed by atoms with van der Waals surface area (Å²) in [5.74, 6) is -0.924. The van der Waals surface area contributed by atoms with Gasteiger partial charge in [0.2, 0.25) is 10.4 Å². The average molecular weight is 1220 g/mol. The van der Waals surface area contributed by atoms with Gasteiger partial charge in [0.1, 0.15) is 96.5 Å². The minimum absolute atomic E-state index is 0. The van der Waals surface area contributed by atoms with Gasteiger partial charge in [0.25, 0.3) is 0 Å². The van der Waals surface area contributed by atoms with Gasteiger partial charge in [0.15, 0.2) is 30.8 Å². The molecule has 5 aliphatic heterocycles. The monoisotopic (exact) mass is 1220 g/mol. The maximum absolute atomic E-state index is 14.5. The third-order valence-corrected chi connectivity index (χ3v) is 21.4. The van der Waals surface area contributed by atoms with E-state index in [1.807, 2.05) is 34.6 Å². The number of carbonyl (C=O) groups excluding carboxylic acids is 1. The zero-order valence-corrected chi connectivity index (χ0v) is 51.5. The molecule has 83 heavy (non-hydrogen) atoms. The molecule has 3 saturated carbocycles. The SMILES string of the molecule is CO[C@@H]1[C@@H](O)[C@H](O[C@@H]2[C@@H](O)[C@H](O[C@H]3[C@H](O)[C@@H](O)[C@H](O[C@H]4[C@H](O[C@H]5CC[C@]6(C)C7=C[C@@H](O)[C@]89C(=O)O[C@@](C)(C(O)CCC(C)C)[C@@]8(O)CC[C@@]9(C)[C@@H]7CC[C@H]6C5(C)C)OC[C@@H](OS(=O)(=O)[O-])[C@@H]4O)O[C@@H]3C)O[C@H](CO)[C@H]2O)O[C@H](CO)[C@H]1O.[Na+]. The van der Waals surface area contributed by atoms with Gasteiger partial charge in [-0.2, -0.15) is 0 Å². The maximum Gasteiger partial charge on any atom is 1.00 e. The first-order valence-corrected chi connectivity index (χ1v) is 29.9. The fraction of sp³-hybridized carbons (Fsp3) is 0.944. The Bertz CT molecular complexity index is 2430. The van der Waals surface area contributed by atoms with Gasteiger partial charge >= 0.3 is 35.5 Å². The molecule has 0 aromatic rings. The van der Waals surface area contributed by atoms with Crippen molar-refractivity contribution in [2.24, 2.45) is 39.4 Å². The van der Waals surface area contributed by atoms with E-state index in [2.05, 4.69) is 11.1 Å². The normalized spacial score (nSPS) is 51.0. The summed E-state index contributed by atoms with van der Waals surface area (Å²) in [5.41, 5.74) is -6.70. The van der Waals surface area contributed by atoms with Crippen molar-refractivity contribution in [2.45, 2.75) is 253 Å². The molecule has 5 heterocycles. The first-order valence-electron chi connectivity index (χ1n) is 28.6. The van der Waals surface area contributed by atoms with E-state index in [-0.39, 0.29) is 60.2 Å². The molecule has 9 aliphatic rings. The van der Waals surface area contributed by atoms with Gasteiger partial charge in [0.05, 0.1) is 44.2 Å². The molecule has 0 radical (unpaired) electrons. The quantitative estimate of drug-likeness (QED) is 0.0161. The predicted octanol–water partition coefficient (Wildman–Crippen LogP) is -5.76. The molecule has 12 N–H and O–H groups in total. The molecule has 472 valence electrons. The summed E-state index contributed by atoms with van der Waals surface area (Å²) < 4.78 is 99.5. The maximum atomic E-state index is 14.5. The Morgan fingerprint density at radius 3 is 1.88 bits per heavy atom. The van der Waals surface area contributed by atoms with Crippen molar-refractivity contribution in [3.63, 3.8) is 0 Å². The molecule has 8 fully saturated rings. The van der Waals surface area contributed by atoms with E-state index in [1.165, 1.54) is 14.0 Å². The number of cyclic esters (lactones) is 1. The number of aliphatic hydroxyl groups excluding tert-OH is 11. The third-order valence-electron chi connectivity index (χ3n) is 20.9. The summed E-state index contributed by atoms with van der Waals surface area (Å²) in [6.45, 7) is 12.7. The summed E-state index contributed by atoms with van der Waals surface area (Å²) in [6, 6.07) is 0. The molecular weight excluding hydrogens is 1140 g/mol. The number of ether oxygens (including phenoxy) is 10. The van der Waals surface area contributed by atoms with Crippen molar-refractivity contribution in [1.29, 1.82) is 0 Å². The van der Waals surface area contributed by atoms with E-state index in [0.717, 1.165) is 5.57 Å². The molecule has 29 heteroatoms. The zero-order valence-electron chi connectivity index (χ0n) is 48.7. The van der Waals surface area contributed by atoms with Crippen molar-refractivity contribution in [3.8, 4) is 0 Å². The van der Waals surface area contributed by atoms with Crippen LogP contribution in [0.25, 0.3) is 0 Å². The number of aliphatic hydroxyl groups is 12. The number of carbonyl (C=O) groups is 1. The molecule has 9 rings (SSSR count). The van der Waals surface area contributed by atoms with Crippen LogP contribution in [0.5, 0.6) is 0 Å². The summed E-state index contributed by atoms with van der Waals surface area (Å²) in [5, 5.41) is 136. The number of fused-ring (bicyclic) bond motifs is 4. The predicted molar refractivity (Wildman–Crippen MR) is 273 cm³/mol. The number of allylic oxidation sites excluding steroid dienone is 1. The van der Waals surface area contributed by atoms with Crippen LogP contribution in [0.1, 0.15) is 107 Å². The Morgan fingerprint density at radius 2 is 1.29 bits per heavy atom. The van der Waals surface area contributed by atoms with Crippen molar-refractivity contribution >= 4 is 16.4 Å². The van der Waals surface area contributed by atoms with Crippen LogP contribution in [0.4, 0.5) is 0 Å². The van der Waals surface area contributed by atoms with Crippen molar-refractivity contribution < 1.29 is 160 Å². The molecule has 0 aromatic heterocycles. The van der Waals surface area contributed by atoms with Gasteiger partial charge in [-0.15, -0.1) is 0 Å². The first-order chi connectivity index (χ1) is 38.2. The molecule has 4 aliphatic carbocycles. The van der Waals surface area contributed by atoms with Crippen LogP contribution in [0, 0.1) is 39.4 Å². The van der Waals surface area contributed by atoms with E-state index >= 15 is 0 Å². The van der Waals surface area contributed by atoms with Crippen LogP contribution in [0.3, 0.4) is 0 Å². The van der Waals surface area contributed by atoms with Crippen LogP contribution in [-0.4, -0.2) is 253 Å². The van der Waals surface area contributed by atoms with Gasteiger partial charge in [-0.25, -0.2) is 8.42 Å². The number of rotatable bonds is 17. The van der Waals surface area contributed by atoms with Gasteiger partial charge in [-0.3, -0.25) is 8.98 Å². The second-order valence-corrected chi connectivity index (χ2v) is 27.1. The molecular formula is C54H87NaO27S. The summed E-state index contributed by atoms with van der Waals surface area (Å²) in [4.78, 5) is 14.5. The van der Waals surface area contributed by atoms with Crippen molar-refractivity contribution in [1.82, 2.24) is 0 Å². The Balaban J connectivity index is 0.00000900. The van der Waals surface area contributed by atoms with Gasteiger partial charge in [-0.05, 0) is 99.2 Å². The molecule has 5 saturated heterocycles. The number of esters is 1. The molecule has 1 unspecified atom stereocenters. The van der Waals surface area contributed by atoms with E-state index in [9.17, 15) is 79.0 Å². The van der Waals surface area contributed by atoms with Gasteiger partial charge < -0.3 is 113 Å². The fourth-order valence-electron chi connectivity index (χ4n) is 16.4. The first kappa shape index (κ1) is 68.2. The fourth-order valence-corrected chi connectivity index (χ4v) is 16.8. The van der Waals surface area contributed by atoms with E-state index in [1.54, 1.807) is 13.0 Å². The van der Waals surface area contributed by atoms with Crippen LogP contribution < -0.4 is 29.6 Å². The molecule has 0 aromatic carbocycles.